The Morgan fingerprint density at radius 1 is 1.24 bits per heavy atom. The zero-order chi connectivity index (χ0) is 15.4. The molecule has 1 atom stereocenters. The van der Waals surface area contributed by atoms with Crippen LogP contribution < -0.4 is 16.8 Å². The van der Waals surface area contributed by atoms with Crippen LogP contribution in [0.3, 0.4) is 0 Å². The molecule has 6 nitrogen and oxygen atoms in total. The molecule has 21 heavy (non-hydrogen) atoms. The number of nitrogens with two attached hydrogens (primary N) is 2. The van der Waals surface area contributed by atoms with E-state index in [0.29, 0.717) is 12.0 Å². The van der Waals surface area contributed by atoms with Crippen LogP contribution in [0.25, 0.3) is 0 Å². The van der Waals surface area contributed by atoms with Gasteiger partial charge in [0.25, 0.3) is 0 Å². The van der Waals surface area contributed by atoms with Crippen LogP contribution >= 0.6 is 0 Å². The number of carbonyl (C=O) groups is 1. The summed E-state index contributed by atoms with van der Waals surface area (Å²) in [6, 6.07) is 4.16. The predicted molar refractivity (Wildman–Crippen MR) is 79.8 cm³/mol. The van der Waals surface area contributed by atoms with E-state index in [1.807, 2.05) is 0 Å². The Kier molecular flexibility index (Phi) is 5.03. The average Bonchev–Trinajstić information content (AvgIpc) is 2.45. The molecule has 0 aliphatic heterocycles. The number of carbonyl (C=O) groups excluding carboxylic acids is 1. The average molecular weight is 293 g/mol. The number of benzene rings is 1. The van der Waals surface area contributed by atoms with Gasteiger partial charge in [-0.2, -0.15) is 0 Å². The summed E-state index contributed by atoms with van der Waals surface area (Å²) >= 11 is 0. The van der Waals surface area contributed by atoms with Gasteiger partial charge in [-0.15, -0.1) is 0 Å². The summed E-state index contributed by atoms with van der Waals surface area (Å²) in [4.78, 5) is 12.1. The fourth-order valence-electron chi connectivity index (χ4n) is 2.61. The molecule has 2 rings (SSSR count). The van der Waals surface area contributed by atoms with Crippen molar-refractivity contribution in [3.05, 3.63) is 23.8 Å². The fraction of sp³-hybridized carbons (Fsp3) is 0.533. The molecule has 1 aliphatic rings. The van der Waals surface area contributed by atoms with Gasteiger partial charge in [0.15, 0.2) is 11.5 Å². The van der Waals surface area contributed by atoms with Crippen molar-refractivity contribution >= 4 is 5.91 Å². The van der Waals surface area contributed by atoms with Crippen LogP contribution in [0, 0.1) is 0 Å². The van der Waals surface area contributed by atoms with Crippen LogP contribution in [-0.2, 0) is 11.2 Å². The van der Waals surface area contributed by atoms with Crippen molar-refractivity contribution < 1.29 is 15.0 Å². The molecule has 0 spiro atoms. The van der Waals surface area contributed by atoms with E-state index in [2.05, 4.69) is 5.32 Å². The van der Waals surface area contributed by atoms with E-state index in [1.165, 1.54) is 12.1 Å². The number of amides is 1. The quantitative estimate of drug-likeness (QED) is 0.513. The highest BCUT2D eigenvalue weighted by molar-refractivity contribution is 5.82. The van der Waals surface area contributed by atoms with E-state index in [1.54, 1.807) is 6.07 Å². The zero-order valence-corrected chi connectivity index (χ0v) is 12.0. The maximum absolute atomic E-state index is 12.1. The number of rotatable bonds is 4. The molecule has 0 radical (unpaired) electrons. The topological polar surface area (TPSA) is 122 Å². The van der Waals surface area contributed by atoms with Gasteiger partial charge in [0.1, 0.15) is 0 Å². The van der Waals surface area contributed by atoms with E-state index in [0.717, 1.165) is 25.7 Å². The molecule has 116 valence electrons. The summed E-state index contributed by atoms with van der Waals surface area (Å²) in [6.07, 6.45) is 3.93. The molecule has 0 unspecified atom stereocenters. The van der Waals surface area contributed by atoms with Gasteiger partial charge in [-0.3, -0.25) is 4.79 Å². The number of hydrogen-bond acceptors (Lipinski definition) is 5. The summed E-state index contributed by atoms with van der Waals surface area (Å²) in [5.41, 5.74) is 12.4. The monoisotopic (exact) mass is 293 g/mol. The second kappa shape index (κ2) is 6.78. The van der Waals surface area contributed by atoms with Gasteiger partial charge in [-0.05, 0) is 49.8 Å². The van der Waals surface area contributed by atoms with E-state index in [9.17, 15) is 15.0 Å². The van der Waals surface area contributed by atoms with Crippen molar-refractivity contribution in [2.45, 2.75) is 50.2 Å². The Bertz CT molecular complexity index is 499. The Labute approximate surface area is 124 Å². The summed E-state index contributed by atoms with van der Waals surface area (Å²) < 4.78 is 0. The lowest BCUT2D eigenvalue weighted by atomic mass is 9.91. The Morgan fingerprint density at radius 3 is 2.52 bits per heavy atom. The number of hydrogen-bond donors (Lipinski definition) is 5. The smallest absolute Gasteiger partial charge is 0.237 e. The van der Waals surface area contributed by atoms with Gasteiger partial charge < -0.3 is 27.0 Å². The van der Waals surface area contributed by atoms with Gasteiger partial charge in [0, 0.05) is 12.1 Å². The number of nitrogens with one attached hydrogen (secondary N) is 1. The molecule has 1 aromatic carbocycles. The lowest BCUT2D eigenvalue weighted by molar-refractivity contribution is -0.123. The largest absolute Gasteiger partial charge is 0.504 e. The Balaban J connectivity index is 1.86. The summed E-state index contributed by atoms with van der Waals surface area (Å²) in [5, 5.41) is 21.6. The number of phenols is 2. The van der Waals surface area contributed by atoms with Crippen LogP contribution in [-0.4, -0.2) is 34.2 Å². The van der Waals surface area contributed by atoms with E-state index < -0.39 is 6.04 Å². The van der Waals surface area contributed by atoms with Crippen molar-refractivity contribution in [3.8, 4) is 11.5 Å². The molecule has 0 aromatic heterocycles. The van der Waals surface area contributed by atoms with E-state index in [-0.39, 0.29) is 29.5 Å². The number of aromatic hydroxyl groups is 2. The van der Waals surface area contributed by atoms with Crippen molar-refractivity contribution in [2.24, 2.45) is 11.5 Å². The van der Waals surface area contributed by atoms with Crippen molar-refractivity contribution in [2.75, 3.05) is 0 Å². The molecule has 0 saturated heterocycles. The molecular weight excluding hydrogens is 270 g/mol. The Morgan fingerprint density at radius 2 is 1.90 bits per heavy atom. The highest BCUT2D eigenvalue weighted by Gasteiger charge is 2.22. The van der Waals surface area contributed by atoms with Crippen LogP contribution in [0.5, 0.6) is 11.5 Å². The predicted octanol–water partition coefficient (Wildman–Crippen LogP) is 0.354. The molecule has 0 bridgehead atoms. The first-order chi connectivity index (χ1) is 9.95. The molecule has 0 heterocycles. The summed E-state index contributed by atoms with van der Waals surface area (Å²) in [7, 11) is 0. The van der Waals surface area contributed by atoms with Crippen LogP contribution in [0.1, 0.15) is 31.2 Å². The normalized spacial score (nSPS) is 23.5. The van der Waals surface area contributed by atoms with Gasteiger partial charge in [0.05, 0.1) is 6.04 Å². The van der Waals surface area contributed by atoms with Gasteiger partial charge >= 0.3 is 0 Å². The minimum Gasteiger partial charge on any atom is -0.504 e. The van der Waals surface area contributed by atoms with Gasteiger partial charge in [0.2, 0.25) is 5.91 Å². The minimum atomic E-state index is -0.676. The maximum atomic E-state index is 12.1. The van der Waals surface area contributed by atoms with E-state index >= 15 is 0 Å². The highest BCUT2D eigenvalue weighted by Crippen LogP contribution is 2.25. The highest BCUT2D eigenvalue weighted by atomic mass is 16.3. The third-order valence-corrected chi connectivity index (χ3v) is 3.95. The van der Waals surface area contributed by atoms with Gasteiger partial charge in [-0.25, -0.2) is 0 Å². The molecule has 1 fully saturated rings. The molecular formula is C15H23N3O3. The zero-order valence-electron chi connectivity index (χ0n) is 12.0. The van der Waals surface area contributed by atoms with Crippen LogP contribution in [0.4, 0.5) is 0 Å². The van der Waals surface area contributed by atoms with Crippen molar-refractivity contribution in [1.82, 2.24) is 5.32 Å². The van der Waals surface area contributed by atoms with E-state index in [4.69, 9.17) is 11.5 Å². The lowest BCUT2D eigenvalue weighted by Crippen LogP contribution is -2.48. The second-order valence-electron chi connectivity index (χ2n) is 5.75. The molecule has 1 aliphatic carbocycles. The maximum Gasteiger partial charge on any atom is 0.237 e. The number of phenolic OH excluding ortho intramolecular Hbond substituents is 2. The van der Waals surface area contributed by atoms with Crippen LogP contribution in [0.2, 0.25) is 0 Å². The first kappa shape index (κ1) is 15.6. The molecule has 7 N–H and O–H groups in total. The second-order valence-corrected chi connectivity index (χ2v) is 5.75. The van der Waals surface area contributed by atoms with Crippen molar-refractivity contribution in [3.63, 3.8) is 0 Å². The third kappa shape index (κ3) is 4.34. The minimum absolute atomic E-state index is 0.150. The van der Waals surface area contributed by atoms with Crippen molar-refractivity contribution in [1.29, 1.82) is 0 Å². The molecule has 1 aromatic rings. The standard InChI is InChI=1S/C15H23N3O3/c16-10-2-4-11(5-3-10)18-15(21)12(17)7-9-1-6-13(19)14(20)8-9/h1,6,8,10-12,19-20H,2-5,7,16-17H2,(H,18,21)/t10?,11?,12-/m0/s1. The fourth-order valence-corrected chi connectivity index (χ4v) is 2.61. The summed E-state index contributed by atoms with van der Waals surface area (Å²) in [6.45, 7) is 0. The lowest BCUT2D eigenvalue weighted by Gasteiger charge is -2.27. The first-order valence-electron chi connectivity index (χ1n) is 7.28. The molecule has 1 amide bonds. The third-order valence-electron chi connectivity index (χ3n) is 3.95. The first-order valence-corrected chi connectivity index (χ1v) is 7.28. The van der Waals surface area contributed by atoms with Crippen LogP contribution in [0.15, 0.2) is 18.2 Å². The molecule has 1 saturated carbocycles. The molecule has 6 heteroatoms. The van der Waals surface area contributed by atoms with Gasteiger partial charge in [-0.1, -0.05) is 6.07 Å². The Hall–Kier alpha value is -1.79. The SMILES string of the molecule is NC1CCC(NC(=O)[C@@H](N)Cc2ccc(O)c(O)c2)CC1. The summed E-state index contributed by atoms with van der Waals surface area (Å²) in [5.74, 6) is -0.584.